The van der Waals surface area contributed by atoms with Crippen LogP contribution in [0.2, 0.25) is 0 Å². The molecule has 0 aromatic heterocycles. The van der Waals surface area contributed by atoms with Crippen molar-refractivity contribution in [2.75, 3.05) is 5.01 Å². The number of hydrogen-bond donors (Lipinski definition) is 0. The fourth-order valence-corrected chi connectivity index (χ4v) is 3.42. The molecule has 0 saturated heterocycles. The molecular formula is C24H19F3N2O2. The summed E-state index contributed by atoms with van der Waals surface area (Å²) in [6.45, 7) is 3.65. The molecule has 0 fully saturated rings. The van der Waals surface area contributed by atoms with Crippen LogP contribution in [0.5, 0.6) is 5.75 Å². The van der Waals surface area contributed by atoms with E-state index in [0.29, 0.717) is 16.7 Å². The smallest absolute Gasteiger partial charge is 0.435 e. The fraction of sp³-hybridized carbons (Fsp3) is 0.167. The molecule has 0 aliphatic carbocycles. The molecule has 7 heteroatoms. The van der Waals surface area contributed by atoms with Gasteiger partial charge in [-0.15, -0.1) is 0 Å². The molecule has 3 aromatic rings. The van der Waals surface area contributed by atoms with Crippen molar-refractivity contribution in [3.8, 4) is 5.75 Å². The highest BCUT2D eigenvalue weighted by Gasteiger charge is 2.47. The van der Waals surface area contributed by atoms with Gasteiger partial charge >= 0.3 is 6.18 Å². The van der Waals surface area contributed by atoms with Crippen LogP contribution < -0.4 is 9.75 Å². The third-order valence-electron chi connectivity index (χ3n) is 4.73. The van der Waals surface area contributed by atoms with Crippen molar-refractivity contribution in [3.63, 3.8) is 0 Å². The summed E-state index contributed by atoms with van der Waals surface area (Å²) in [7, 11) is 0. The number of carbonyl (C=O) groups is 1. The highest BCUT2D eigenvalue weighted by atomic mass is 19.4. The van der Waals surface area contributed by atoms with Gasteiger partial charge in [-0.05, 0) is 48.9 Å². The Hall–Kier alpha value is -3.61. The van der Waals surface area contributed by atoms with Gasteiger partial charge in [-0.1, -0.05) is 48.5 Å². The highest BCUT2D eigenvalue weighted by Crippen LogP contribution is 2.36. The van der Waals surface area contributed by atoms with Gasteiger partial charge in [0.1, 0.15) is 5.75 Å². The maximum Gasteiger partial charge on any atom is 0.435 e. The SMILES string of the molecule is CC(C)Oc1ccc2ccccc2c1/C=C1\C(=O)N(c2ccccc2)N=C1C(F)(F)F. The monoisotopic (exact) mass is 424 g/mol. The lowest BCUT2D eigenvalue weighted by Gasteiger charge is -2.16. The lowest BCUT2D eigenvalue weighted by Crippen LogP contribution is -2.25. The van der Waals surface area contributed by atoms with E-state index in [2.05, 4.69) is 5.10 Å². The minimum Gasteiger partial charge on any atom is -0.490 e. The molecule has 4 nitrogen and oxygen atoms in total. The van der Waals surface area contributed by atoms with Crippen molar-refractivity contribution in [1.82, 2.24) is 0 Å². The number of alkyl halides is 3. The first-order valence-electron chi connectivity index (χ1n) is 9.71. The Balaban J connectivity index is 1.92. The highest BCUT2D eigenvalue weighted by molar-refractivity contribution is 6.34. The molecule has 3 aromatic carbocycles. The largest absolute Gasteiger partial charge is 0.490 e. The Morgan fingerprint density at radius 3 is 2.32 bits per heavy atom. The zero-order valence-electron chi connectivity index (χ0n) is 16.9. The molecule has 158 valence electrons. The first-order valence-corrected chi connectivity index (χ1v) is 9.71. The number of nitrogens with zero attached hydrogens (tertiary/aromatic N) is 2. The van der Waals surface area contributed by atoms with Crippen LogP contribution in [0.25, 0.3) is 16.8 Å². The Morgan fingerprint density at radius 1 is 0.968 bits per heavy atom. The van der Waals surface area contributed by atoms with Gasteiger partial charge in [0.25, 0.3) is 5.91 Å². The standard InChI is InChI=1S/C24H19F3N2O2/c1-15(2)31-21-13-12-16-8-6-7-11-18(16)19(21)14-20-22(24(25,26)27)28-29(23(20)30)17-9-4-3-5-10-17/h3-15H,1-2H3/b20-14-. The second kappa shape index (κ2) is 7.91. The second-order valence-corrected chi connectivity index (χ2v) is 7.32. The Bertz CT molecular complexity index is 1200. The average molecular weight is 424 g/mol. The predicted molar refractivity (Wildman–Crippen MR) is 115 cm³/mol. The van der Waals surface area contributed by atoms with Gasteiger partial charge in [-0.2, -0.15) is 23.3 Å². The van der Waals surface area contributed by atoms with Gasteiger partial charge in [0, 0.05) is 5.56 Å². The van der Waals surface area contributed by atoms with Crippen LogP contribution in [0.15, 0.2) is 77.4 Å². The van der Waals surface area contributed by atoms with Crippen molar-refractivity contribution in [2.45, 2.75) is 26.1 Å². The van der Waals surface area contributed by atoms with E-state index in [4.69, 9.17) is 4.74 Å². The number of anilines is 1. The number of carbonyl (C=O) groups excluding carboxylic acids is 1. The molecule has 0 radical (unpaired) electrons. The van der Waals surface area contributed by atoms with Gasteiger partial charge in [0.2, 0.25) is 0 Å². The molecule has 31 heavy (non-hydrogen) atoms. The number of hydrazone groups is 1. The lowest BCUT2D eigenvalue weighted by atomic mass is 9.99. The van der Waals surface area contributed by atoms with E-state index in [0.717, 1.165) is 10.4 Å². The zero-order valence-corrected chi connectivity index (χ0v) is 16.9. The maximum absolute atomic E-state index is 13.8. The van der Waals surface area contributed by atoms with E-state index < -0.39 is 23.4 Å². The summed E-state index contributed by atoms with van der Waals surface area (Å²) in [5.41, 5.74) is -1.10. The van der Waals surface area contributed by atoms with E-state index in [-0.39, 0.29) is 11.8 Å². The third kappa shape index (κ3) is 4.03. The van der Waals surface area contributed by atoms with Crippen molar-refractivity contribution in [1.29, 1.82) is 0 Å². The van der Waals surface area contributed by atoms with Gasteiger partial charge in [0.15, 0.2) is 5.71 Å². The first-order chi connectivity index (χ1) is 14.8. The minimum atomic E-state index is -4.80. The number of benzene rings is 3. The summed E-state index contributed by atoms with van der Waals surface area (Å²) in [5.74, 6) is -0.448. The van der Waals surface area contributed by atoms with Crippen LogP contribution in [0.1, 0.15) is 19.4 Å². The number of amides is 1. The molecule has 0 bridgehead atoms. The maximum atomic E-state index is 13.8. The topological polar surface area (TPSA) is 41.9 Å². The molecule has 0 N–H and O–H groups in total. The van der Waals surface area contributed by atoms with Gasteiger partial charge in [0.05, 0.1) is 17.4 Å². The third-order valence-corrected chi connectivity index (χ3v) is 4.73. The van der Waals surface area contributed by atoms with E-state index in [1.807, 2.05) is 32.0 Å². The average Bonchev–Trinajstić information content (AvgIpc) is 3.06. The molecule has 0 atom stereocenters. The summed E-state index contributed by atoms with van der Waals surface area (Å²) < 4.78 is 47.3. The molecular weight excluding hydrogens is 405 g/mol. The Labute approximate surface area is 177 Å². The van der Waals surface area contributed by atoms with Gasteiger partial charge in [-0.3, -0.25) is 4.79 Å². The van der Waals surface area contributed by atoms with Crippen LogP contribution in [-0.2, 0) is 4.79 Å². The van der Waals surface area contributed by atoms with Crippen LogP contribution in [0, 0.1) is 0 Å². The molecule has 0 saturated carbocycles. The summed E-state index contributed by atoms with van der Waals surface area (Å²) in [6, 6.07) is 18.8. The van der Waals surface area contributed by atoms with Crippen LogP contribution in [0.3, 0.4) is 0 Å². The molecule has 0 spiro atoms. The number of halogens is 3. The van der Waals surface area contributed by atoms with Crippen LogP contribution in [-0.4, -0.2) is 23.9 Å². The van der Waals surface area contributed by atoms with E-state index in [1.165, 1.54) is 18.2 Å². The molecule has 1 heterocycles. The van der Waals surface area contributed by atoms with E-state index >= 15 is 0 Å². The quantitative estimate of drug-likeness (QED) is 0.484. The molecule has 0 unspecified atom stereocenters. The number of hydrogen-bond acceptors (Lipinski definition) is 3. The Kier molecular flexibility index (Phi) is 5.27. The van der Waals surface area contributed by atoms with E-state index in [9.17, 15) is 18.0 Å². The predicted octanol–water partition coefficient (Wildman–Crippen LogP) is 5.98. The second-order valence-electron chi connectivity index (χ2n) is 7.32. The summed E-state index contributed by atoms with van der Waals surface area (Å²) in [5, 5.41) is 5.91. The van der Waals surface area contributed by atoms with Crippen molar-refractivity contribution < 1.29 is 22.7 Å². The molecule has 1 aliphatic rings. The normalized spacial score (nSPS) is 15.8. The van der Waals surface area contributed by atoms with Gasteiger partial charge in [-0.25, -0.2) is 0 Å². The number of para-hydroxylation sites is 1. The van der Waals surface area contributed by atoms with Crippen molar-refractivity contribution in [2.24, 2.45) is 5.10 Å². The zero-order chi connectivity index (χ0) is 22.2. The first kappa shape index (κ1) is 20.7. The molecule has 1 amide bonds. The Morgan fingerprint density at radius 2 is 1.65 bits per heavy atom. The summed E-state index contributed by atoms with van der Waals surface area (Å²) >= 11 is 0. The van der Waals surface area contributed by atoms with Crippen LogP contribution in [0.4, 0.5) is 18.9 Å². The summed E-state index contributed by atoms with van der Waals surface area (Å²) in [4.78, 5) is 13.0. The van der Waals surface area contributed by atoms with Crippen LogP contribution >= 0.6 is 0 Å². The van der Waals surface area contributed by atoms with E-state index in [1.54, 1.807) is 36.4 Å². The number of rotatable bonds is 4. The molecule has 1 aliphatic heterocycles. The fourth-order valence-electron chi connectivity index (χ4n) is 3.42. The van der Waals surface area contributed by atoms with Crippen molar-refractivity contribution in [3.05, 3.63) is 77.9 Å². The van der Waals surface area contributed by atoms with Crippen molar-refractivity contribution >= 4 is 34.2 Å². The van der Waals surface area contributed by atoms with Gasteiger partial charge < -0.3 is 4.74 Å². The number of ether oxygens (including phenoxy) is 1. The number of fused-ring (bicyclic) bond motifs is 1. The summed E-state index contributed by atoms with van der Waals surface area (Å²) in [6.07, 6.45) is -3.76. The molecule has 4 rings (SSSR count). The lowest BCUT2D eigenvalue weighted by molar-refractivity contribution is -0.114. The minimum absolute atomic E-state index is 0.200.